The first-order valence-electron chi connectivity index (χ1n) is 5.36. The summed E-state index contributed by atoms with van der Waals surface area (Å²) >= 11 is 5.83. The highest BCUT2D eigenvalue weighted by Crippen LogP contribution is 2.30. The zero-order valence-corrected chi connectivity index (χ0v) is 10.6. The third-order valence-electron chi connectivity index (χ3n) is 2.52. The predicted molar refractivity (Wildman–Crippen MR) is 71.9 cm³/mol. The van der Waals surface area contributed by atoms with Gasteiger partial charge in [-0.1, -0.05) is 11.6 Å². The maximum Gasteiger partial charge on any atom is 0.133 e. The average Bonchev–Trinajstić information content (AvgIpc) is 2.26. The summed E-state index contributed by atoms with van der Waals surface area (Å²) in [5, 5.41) is 0.697. The van der Waals surface area contributed by atoms with Crippen LogP contribution in [0.15, 0.2) is 36.4 Å². The molecule has 0 saturated carbocycles. The van der Waals surface area contributed by atoms with Gasteiger partial charge in [-0.3, -0.25) is 0 Å². The Kier molecular flexibility index (Phi) is 3.25. The van der Waals surface area contributed by atoms with Gasteiger partial charge in [-0.15, -0.1) is 0 Å². The second-order valence-electron chi connectivity index (χ2n) is 4.04. The molecule has 0 heterocycles. The van der Waals surface area contributed by atoms with Gasteiger partial charge in [0.15, 0.2) is 0 Å². The fourth-order valence-electron chi connectivity index (χ4n) is 1.77. The van der Waals surface area contributed by atoms with Crippen LogP contribution in [0.5, 0.6) is 11.5 Å². The molecule has 0 aliphatic heterocycles. The van der Waals surface area contributed by atoms with Crippen molar-refractivity contribution in [1.29, 1.82) is 0 Å². The Balaban J connectivity index is 2.33. The summed E-state index contributed by atoms with van der Waals surface area (Å²) < 4.78 is 5.84. The van der Waals surface area contributed by atoms with Crippen molar-refractivity contribution in [3.63, 3.8) is 0 Å². The summed E-state index contributed by atoms with van der Waals surface area (Å²) in [6.45, 7) is 3.96. The second kappa shape index (κ2) is 4.68. The summed E-state index contributed by atoms with van der Waals surface area (Å²) in [4.78, 5) is 0. The monoisotopic (exact) mass is 247 g/mol. The number of anilines is 1. The number of ether oxygens (including phenoxy) is 1. The third-order valence-corrected chi connectivity index (χ3v) is 2.77. The second-order valence-corrected chi connectivity index (χ2v) is 4.48. The number of nitrogens with two attached hydrogens (primary N) is 1. The van der Waals surface area contributed by atoms with Gasteiger partial charge < -0.3 is 10.5 Å². The molecule has 2 aromatic rings. The third kappa shape index (κ3) is 2.71. The Morgan fingerprint density at radius 3 is 2.06 bits per heavy atom. The van der Waals surface area contributed by atoms with Crippen LogP contribution in [0.1, 0.15) is 11.1 Å². The van der Waals surface area contributed by atoms with Crippen LogP contribution in [0.4, 0.5) is 5.69 Å². The SMILES string of the molecule is Cc1cc(N)cc(C)c1Oc1ccc(Cl)cc1. The smallest absolute Gasteiger partial charge is 0.133 e. The molecule has 2 aromatic carbocycles. The van der Waals surface area contributed by atoms with Crippen molar-refractivity contribution >= 4 is 17.3 Å². The van der Waals surface area contributed by atoms with Crippen LogP contribution >= 0.6 is 11.6 Å². The van der Waals surface area contributed by atoms with Gasteiger partial charge in [0.25, 0.3) is 0 Å². The molecule has 0 bridgehead atoms. The summed E-state index contributed by atoms with van der Waals surface area (Å²) in [5.41, 5.74) is 8.57. The zero-order valence-electron chi connectivity index (χ0n) is 9.83. The molecule has 0 spiro atoms. The van der Waals surface area contributed by atoms with E-state index in [2.05, 4.69) is 0 Å². The van der Waals surface area contributed by atoms with E-state index in [4.69, 9.17) is 22.1 Å². The largest absolute Gasteiger partial charge is 0.457 e. The molecule has 17 heavy (non-hydrogen) atoms. The van der Waals surface area contributed by atoms with E-state index in [1.807, 2.05) is 38.1 Å². The number of rotatable bonds is 2. The normalized spacial score (nSPS) is 10.3. The molecule has 0 aliphatic rings. The van der Waals surface area contributed by atoms with E-state index in [0.29, 0.717) is 5.02 Å². The van der Waals surface area contributed by atoms with Gasteiger partial charge >= 0.3 is 0 Å². The molecule has 0 saturated heterocycles. The molecule has 2 rings (SSSR count). The molecule has 0 unspecified atom stereocenters. The summed E-state index contributed by atoms with van der Waals surface area (Å²) in [5.74, 6) is 1.62. The topological polar surface area (TPSA) is 35.2 Å². The van der Waals surface area contributed by atoms with Crippen molar-refractivity contribution in [2.45, 2.75) is 13.8 Å². The molecule has 0 amide bonds. The van der Waals surface area contributed by atoms with E-state index < -0.39 is 0 Å². The van der Waals surface area contributed by atoms with Gasteiger partial charge in [0, 0.05) is 10.7 Å². The van der Waals surface area contributed by atoms with E-state index in [9.17, 15) is 0 Å². The van der Waals surface area contributed by atoms with Crippen molar-refractivity contribution in [2.24, 2.45) is 0 Å². The first-order chi connectivity index (χ1) is 8.06. The van der Waals surface area contributed by atoms with Gasteiger partial charge in [-0.05, 0) is 61.4 Å². The number of hydrogen-bond acceptors (Lipinski definition) is 2. The molecule has 0 atom stereocenters. The highest BCUT2D eigenvalue weighted by molar-refractivity contribution is 6.30. The van der Waals surface area contributed by atoms with Crippen LogP contribution in [0.3, 0.4) is 0 Å². The molecule has 0 aromatic heterocycles. The molecule has 0 fully saturated rings. The maximum atomic E-state index is 5.84. The summed E-state index contributed by atoms with van der Waals surface area (Å²) in [6.07, 6.45) is 0. The van der Waals surface area contributed by atoms with Crippen LogP contribution < -0.4 is 10.5 Å². The number of hydrogen-bond donors (Lipinski definition) is 1. The minimum atomic E-state index is 0.697. The van der Waals surface area contributed by atoms with E-state index in [-0.39, 0.29) is 0 Å². The first-order valence-corrected chi connectivity index (χ1v) is 5.74. The molecule has 3 heteroatoms. The Morgan fingerprint density at radius 2 is 1.53 bits per heavy atom. The lowest BCUT2D eigenvalue weighted by molar-refractivity contribution is 0.475. The fraction of sp³-hybridized carbons (Fsp3) is 0.143. The molecule has 88 valence electrons. The van der Waals surface area contributed by atoms with Crippen LogP contribution in [-0.4, -0.2) is 0 Å². The van der Waals surface area contributed by atoms with Gasteiger partial charge in [-0.25, -0.2) is 0 Å². The van der Waals surface area contributed by atoms with Crippen molar-refractivity contribution in [1.82, 2.24) is 0 Å². The predicted octanol–water partition coefficient (Wildman–Crippen LogP) is 4.33. The van der Waals surface area contributed by atoms with Crippen LogP contribution in [0.25, 0.3) is 0 Å². The molecular formula is C14H14ClNO. The summed E-state index contributed by atoms with van der Waals surface area (Å²) in [7, 11) is 0. The van der Waals surface area contributed by atoms with Crippen LogP contribution in [0, 0.1) is 13.8 Å². The van der Waals surface area contributed by atoms with Crippen molar-refractivity contribution < 1.29 is 4.74 Å². The lowest BCUT2D eigenvalue weighted by Gasteiger charge is -2.12. The van der Waals surface area contributed by atoms with Crippen molar-refractivity contribution in [3.05, 3.63) is 52.5 Å². The highest BCUT2D eigenvalue weighted by Gasteiger charge is 2.06. The summed E-state index contributed by atoms with van der Waals surface area (Å²) in [6, 6.07) is 11.1. The van der Waals surface area contributed by atoms with Gasteiger partial charge in [0.05, 0.1) is 0 Å². The number of halogens is 1. The quantitative estimate of drug-likeness (QED) is 0.802. The maximum absolute atomic E-state index is 5.84. The molecule has 2 N–H and O–H groups in total. The minimum absolute atomic E-state index is 0.697. The van der Waals surface area contributed by atoms with E-state index in [0.717, 1.165) is 28.3 Å². The molecular weight excluding hydrogens is 234 g/mol. The minimum Gasteiger partial charge on any atom is -0.457 e. The Bertz CT molecular complexity index is 511. The number of nitrogen functional groups attached to an aromatic ring is 1. The van der Waals surface area contributed by atoms with Gasteiger partial charge in [0.1, 0.15) is 11.5 Å². The lowest BCUT2D eigenvalue weighted by atomic mass is 10.1. The lowest BCUT2D eigenvalue weighted by Crippen LogP contribution is -1.94. The number of benzene rings is 2. The molecule has 0 radical (unpaired) electrons. The fourth-order valence-corrected chi connectivity index (χ4v) is 1.89. The average molecular weight is 248 g/mol. The van der Waals surface area contributed by atoms with Gasteiger partial charge in [-0.2, -0.15) is 0 Å². The van der Waals surface area contributed by atoms with E-state index in [1.165, 1.54) is 0 Å². The van der Waals surface area contributed by atoms with Crippen LogP contribution in [0.2, 0.25) is 5.02 Å². The van der Waals surface area contributed by atoms with Crippen molar-refractivity contribution in [2.75, 3.05) is 5.73 Å². The number of aryl methyl sites for hydroxylation is 2. The van der Waals surface area contributed by atoms with Gasteiger partial charge in [0.2, 0.25) is 0 Å². The molecule has 0 aliphatic carbocycles. The highest BCUT2D eigenvalue weighted by atomic mass is 35.5. The van der Waals surface area contributed by atoms with Crippen LogP contribution in [-0.2, 0) is 0 Å². The van der Waals surface area contributed by atoms with Crippen molar-refractivity contribution in [3.8, 4) is 11.5 Å². The Hall–Kier alpha value is -1.67. The Morgan fingerprint density at radius 1 is 1.00 bits per heavy atom. The molecule has 2 nitrogen and oxygen atoms in total. The first kappa shape index (κ1) is 11.8. The van der Waals surface area contributed by atoms with E-state index >= 15 is 0 Å². The standard InChI is InChI=1S/C14H14ClNO/c1-9-7-12(16)8-10(2)14(9)17-13-5-3-11(15)4-6-13/h3-8H,16H2,1-2H3. The van der Waals surface area contributed by atoms with E-state index in [1.54, 1.807) is 12.1 Å². The Labute approximate surface area is 106 Å². The zero-order chi connectivity index (χ0) is 12.4.